The summed E-state index contributed by atoms with van der Waals surface area (Å²) in [5.41, 5.74) is 3.86. The van der Waals surface area contributed by atoms with Gasteiger partial charge in [0.15, 0.2) is 0 Å². The molecule has 2 aromatic carbocycles. The van der Waals surface area contributed by atoms with Gasteiger partial charge in [0.05, 0.1) is 11.4 Å². The van der Waals surface area contributed by atoms with E-state index in [-0.39, 0.29) is 0 Å². The summed E-state index contributed by atoms with van der Waals surface area (Å²) in [5.74, 6) is 0.655. The SMILES string of the molecule is Clc1ccc(-c2nc3ncccn3c2-c2ccc(Cl)cc2)cc1. The van der Waals surface area contributed by atoms with Gasteiger partial charge in [0.1, 0.15) is 0 Å². The third-order valence-corrected chi connectivity index (χ3v) is 4.14. The Balaban J connectivity index is 2.01. The number of aromatic nitrogens is 3. The van der Waals surface area contributed by atoms with Crippen LogP contribution in [0, 0.1) is 0 Å². The first-order valence-corrected chi connectivity index (χ1v) is 7.83. The van der Waals surface area contributed by atoms with Crippen molar-refractivity contribution in [1.29, 1.82) is 0 Å². The fourth-order valence-electron chi connectivity index (χ4n) is 2.58. The quantitative estimate of drug-likeness (QED) is 0.491. The Labute approximate surface area is 143 Å². The van der Waals surface area contributed by atoms with Crippen molar-refractivity contribution in [2.24, 2.45) is 0 Å². The second kappa shape index (κ2) is 5.69. The average Bonchev–Trinajstić information content (AvgIpc) is 2.96. The molecule has 0 atom stereocenters. The molecule has 5 heteroatoms. The molecule has 4 aromatic rings. The summed E-state index contributed by atoms with van der Waals surface area (Å²) in [6.45, 7) is 0. The highest BCUT2D eigenvalue weighted by atomic mass is 35.5. The van der Waals surface area contributed by atoms with Crippen LogP contribution in [0.4, 0.5) is 0 Å². The number of hydrogen-bond donors (Lipinski definition) is 0. The normalized spacial score (nSPS) is 11.0. The lowest BCUT2D eigenvalue weighted by Crippen LogP contribution is -1.90. The topological polar surface area (TPSA) is 30.2 Å². The standard InChI is InChI=1S/C18H11Cl2N3/c19-14-6-2-12(3-7-14)16-17(13-4-8-15(20)9-5-13)23-11-1-10-21-18(23)22-16/h1-11H. The molecule has 0 bridgehead atoms. The molecular weight excluding hydrogens is 329 g/mol. The number of benzene rings is 2. The summed E-state index contributed by atoms with van der Waals surface area (Å²) in [5, 5.41) is 1.40. The molecule has 0 aliphatic carbocycles. The predicted octanol–water partition coefficient (Wildman–Crippen LogP) is 5.37. The first-order chi connectivity index (χ1) is 11.2. The lowest BCUT2D eigenvalue weighted by molar-refractivity contribution is 1.11. The molecule has 0 fully saturated rings. The highest BCUT2D eigenvalue weighted by Gasteiger charge is 2.16. The summed E-state index contributed by atoms with van der Waals surface area (Å²) in [6.07, 6.45) is 3.69. The van der Waals surface area contributed by atoms with Crippen LogP contribution in [0.5, 0.6) is 0 Å². The van der Waals surface area contributed by atoms with Crippen LogP contribution in [0.1, 0.15) is 0 Å². The number of rotatable bonds is 2. The van der Waals surface area contributed by atoms with E-state index in [0.717, 1.165) is 22.5 Å². The van der Waals surface area contributed by atoms with Gasteiger partial charge in [0.2, 0.25) is 5.78 Å². The van der Waals surface area contributed by atoms with Crippen LogP contribution in [0.2, 0.25) is 10.0 Å². The minimum Gasteiger partial charge on any atom is -0.283 e. The highest BCUT2D eigenvalue weighted by Crippen LogP contribution is 2.33. The molecule has 0 aliphatic rings. The Morgan fingerprint density at radius 2 is 1.39 bits per heavy atom. The maximum atomic E-state index is 6.02. The van der Waals surface area contributed by atoms with Gasteiger partial charge >= 0.3 is 0 Å². The zero-order valence-electron chi connectivity index (χ0n) is 11.9. The molecule has 0 aliphatic heterocycles. The molecule has 0 radical (unpaired) electrons. The number of hydrogen-bond acceptors (Lipinski definition) is 2. The lowest BCUT2D eigenvalue weighted by Gasteiger charge is -2.06. The summed E-state index contributed by atoms with van der Waals surface area (Å²) in [7, 11) is 0. The van der Waals surface area contributed by atoms with Crippen LogP contribution in [-0.2, 0) is 0 Å². The van der Waals surface area contributed by atoms with Crippen molar-refractivity contribution in [3.8, 4) is 22.5 Å². The van der Waals surface area contributed by atoms with Gasteiger partial charge in [-0.3, -0.25) is 4.40 Å². The Morgan fingerprint density at radius 1 is 0.783 bits per heavy atom. The van der Waals surface area contributed by atoms with E-state index in [4.69, 9.17) is 23.2 Å². The minimum absolute atomic E-state index is 0.655. The van der Waals surface area contributed by atoms with Crippen molar-refractivity contribution in [2.45, 2.75) is 0 Å². The van der Waals surface area contributed by atoms with E-state index >= 15 is 0 Å². The second-order valence-corrected chi connectivity index (χ2v) is 5.99. The van der Waals surface area contributed by atoms with Crippen LogP contribution in [-0.4, -0.2) is 14.4 Å². The van der Waals surface area contributed by atoms with Crippen LogP contribution in [0.25, 0.3) is 28.3 Å². The van der Waals surface area contributed by atoms with Gasteiger partial charge < -0.3 is 0 Å². The summed E-state index contributed by atoms with van der Waals surface area (Å²) in [4.78, 5) is 9.04. The molecule has 4 rings (SSSR count). The first kappa shape index (κ1) is 14.2. The van der Waals surface area contributed by atoms with Gasteiger partial charge in [-0.2, -0.15) is 0 Å². The van der Waals surface area contributed by atoms with Crippen LogP contribution in [0.3, 0.4) is 0 Å². The van der Waals surface area contributed by atoms with Crippen molar-refractivity contribution in [3.05, 3.63) is 77.0 Å². The van der Waals surface area contributed by atoms with Crippen LogP contribution in [0.15, 0.2) is 67.0 Å². The van der Waals surface area contributed by atoms with Gasteiger partial charge in [-0.25, -0.2) is 9.97 Å². The second-order valence-electron chi connectivity index (χ2n) is 5.11. The van der Waals surface area contributed by atoms with E-state index in [2.05, 4.69) is 9.97 Å². The zero-order chi connectivity index (χ0) is 15.8. The fourth-order valence-corrected chi connectivity index (χ4v) is 2.83. The van der Waals surface area contributed by atoms with Crippen molar-refractivity contribution >= 4 is 29.0 Å². The molecular formula is C18H11Cl2N3. The van der Waals surface area contributed by atoms with Crippen molar-refractivity contribution < 1.29 is 0 Å². The average molecular weight is 340 g/mol. The third kappa shape index (κ3) is 2.58. The van der Waals surface area contributed by atoms with Gasteiger partial charge in [0, 0.05) is 33.6 Å². The van der Waals surface area contributed by atoms with Crippen molar-refractivity contribution in [1.82, 2.24) is 14.4 Å². The molecule has 0 N–H and O–H groups in total. The van der Waals surface area contributed by atoms with Gasteiger partial charge in [0.25, 0.3) is 0 Å². The Hall–Kier alpha value is -2.36. The van der Waals surface area contributed by atoms with E-state index < -0.39 is 0 Å². The Bertz CT molecular complexity index is 974. The Morgan fingerprint density at radius 3 is 2.04 bits per heavy atom. The molecule has 0 spiro atoms. The fraction of sp³-hybridized carbons (Fsp3) is 0. The maximum Gasteiger partial charge on any atom is 0.234 e. The van der Waals surface area contributed by atoms with E-state index in [1.54, 1.807) is 6.20 Å². The Kier molecular flexibility index (Phi) is 3.52. The van der Waals surface area contributed by atoms with E-state index in [0.29, 0.717) is 15.8 Å². The monoisotopic (exact) mass is 339 g/mol. The van der Waals surface area contributed by atoms with Crippen molar-refractivity contribution in [3.63, 3.8) is 0 Å². The molecule has 0 saturated heterocycles. The van der Waals surface area contributed by atoms with Gasteiger partial charge in [-0.05, 0) is 30.3 Å². The molecule has 23 heavy (non-hydrogen) atoms. The highest BCUT2D eigenvalue weighted by molar-refractivity contribution is 6.31. The third-order valence-electron chi connectivity index (χ3n) is 3.64. The number of nitrogens with zero attached hydrogens (tertiary/aromatic N) is 3. The van der Waals surface area contributed by atoms with Gasteiger partial charge in [-0.15, -0.1) is 0 Å². The lowest BCUT2D eigenvalue weighted by atomic mass is 10.0. The summed E-state index contributed by atoms with van der Waals surface area (Å²) >= 11 is 12.0. The molecule has 112 valence electrons. The zero-order valence-corrected chi connectivity index (χ0v) is 13.5. The smallest absolute Gasteiger partial charge is 0.234 e. The molecule has 0 saturated carbocycles. The van der Waals surface area contributed by atoms with E-state index in [9.17, 15) is 0 Å². The first-order valence-electron chi connectivity index (χ1n) is 7.07. The van der Waals surface area contributed by atoms with E-state index in [1.165, 1.54) is 0 Å². The number of fused-ring (bicyclic) bond motifs is 1. The number of halogens is 2. The molecule has 0 amide bonds. The molecule has 2 heterocycles. The van der Waals surface area contributed by atoms with Gasteiger partial charge in [-0.1, -0.05) is 47.5 Å². The maximum absolute atomic E-state index is 6.02. The van der Waals surface area contributed by atoms with Crippen molar-refractivity contribution in [2.75, 3.05) is 0 Å². The molecule has 3 nitrogen and oxygen atoms in total. The largest absolute Gasteiger partial charge is 0.283 e. The predicted molar refractivity (Wildman–Crippen MR) is 93.9 cm³/mol. The molecule has 0 unspecified atom stereocenters. The minimum atomic E-state index is 0.655. The summed E-state index contributed by atoms with van der Waals surface area (Å²) < 4.78 is 1.98. The molecule has 2 aromatic heterocycles. The van der Waals surface area contributed by atoms with E-state index in [1.807, 2.05) is 65.2 Å². The number of imidazole rings is 1. The summed E-state index contributed by atoms with van der Waals surface area (Å²) in [6, 6.07) is 17.2. The van der Waals surface area contributed by atoms with Crippen LogP contribution >= 0.6 is 23.2 Å². The van der Waals surface area contributed by atoms with Crippen LogP contribution < -0.4 is 0 Å².